The largest absolute Gasteiger partial charge is 0.457 e. The van der Waals surface area contributed by atoms with Gasteiger partial charge in [-0.3, -0.25) is 14.7 Å². The fraction of sp³-hybridized carbons (Fsp3) is 0.100. The Bertz CT molecular complexity index is 1670. The van der Waals surface area contributed by atoms with Crippen molar-refractivity contribution in [1.82, 2.24) is 10.2 Å². The molecule has 0 aliphatic rings. The summed E-state index contributed by atoms with van der Waals surface area (Å²) in [4.78, 5) is 26.3. The maximum atomic E-state index is 13.2. The van der Waals surface area contributed by atoms with Crippen LogP contribution >= 0.6 is 23.2 Å². The summed E-state index contributed by atoms with van der Waals surface area (Å²) in [6.07, 6.45) is 0.423. The lowest BCUT2D eigenvalue weighted by Gasteiger charge is -2.17. The van der Waals surface area contributed by atoms with Crippen molar-refractivity contribution in [3.63, 3.8) is 0 Å². The zero-order valence-electron chi connectivity index (χ0n) is 21.2. The van der Waals surface area contributed by atoms with Gasteiger partial charge in [0, 0.05) is 16.6 Å². The number of carbonyl (C=O) groups excluding carboxylic acids is 2. The average molecular weight is 574 g/mol. The van der Waals surface area contributed by atoms with Gasteiger partial charge >= 0.3 is 0 Å². The number of hydrogen-bond donors (Lipinski definition) is 4. The van der Waals surface area contributed by atoms with E-state index in [0.29, 0.717) is 68.0 Å². The Balaban J connectivity index is 1.33. The number of carbonyl (C=O) groups is 2. The van der Waals surface area contributed by atoms with Gasteiger partial charge in [0.05, 0.1) is 21.5 Å². The number of benzene rings is 4. The Kier molecular flexibility index (Phi) is 8.31. The minimum Gasteiger partial charge on any atom is -0.457 e. The van der Waals surface area contributed by atoms with Crippen LogP contribution in [0.15, 0.2) is 91.0 Å². The summed E-state index contributed by atoms with van der Waals surface area (Å²) in [5.74, 6) is 0.403. The lowest BCUT2D eigenvalue weighted by molar-refractivity contribution is -0.117. The number of halogens is 2. The second-order valence-corrected chi connectivity index (χ2v) is 9.84. The van der Waals surface area contributed by atoms with E-state index >= 15 is 0 Å². The Hall–Kier alpha value is -4.37. The van der Waals surface area contributed by atoms with Crippen molar-refractivity contribution in [2.24, 2.45) is 5.73 Å². The summed E-state index contributed by atoms with van der Waals surface area (Å²) in [7, 11) is 0. The van der Waals surface area contributed by atoms with Gasteiger partial charge < -0.3 is 21.1 Å². The second-order valence-electron chi connectivity index (χ2n) is 9.02. The molecule has 10 heteroatoms. The zero-order chi connectivity index (χ0) is 28.1. The van der Waals surface area contributed by atoms with Crippen LogP contribution in [0.2, 0.25) is 10.0 Å². The Morgan fingerprint density at radius 1 is 0.875 bits per heavy atom. The molecule has 202 valence electrons. The molecule has 0 saturated heterocycles. The van der Waals surface area contributed by atoms with E-state index in [9.17, 15) is 9.59 Å². The summed E-state index contributed by atoms with van der Waals surface area (Å²) in [5, 5.41) is 14.4. The van der Waals surface area contributed by atoms with Gasteiger partial charge in [0.2, 0.25) is 5.91 Å². The molecule has 5 rings (SSSR count). The first-order valence-electron chi connectivity index (χ1n) is 12.5. The van der Waals surface area contributed by atoms with Crippen molar-refractivity contribution in [3.8, 4) is 11.5 Å². The predicted octanol–water partition coefficient (Wildman–Crippen LogP) is 6.99. The van der Waals surface area contributed by atoms with Gasteiger partial charge in [0.15, 0.2) is 5.82 Å². The van der Waals surface area contributed by atoms with Crippen LogP contribution in [0.4, 0.5) is 11.5 Å². The van der Waals surface area contributed by atoms with Crippen molar-refractivity contribution in [3.05, 3.63) is 112 Å². The molecule has 0 radical (unpaired) electrons. The number of ether oxygens (including phenoxy) is 1. The van der Waals surface area contributed by atoms with Crippen LogP contribution in [0.25, 0.3) is 10.9 Å². The van der Waals surface area contributed by atoms with Crippen LogP contribution in [0.5, 0.6) is 11.5 Å². The van der Waals surface area contributed by atoms with E-state index in [4.69, 9.17) is 33.7 Å². The SMILES string of the molecule is NCCC(C(=O)Nc1ccc2[nH]nc(NC(=O)c3cccc(Oc4ccccc4)c3)c2c1)c1ccc(Cl)c(Cl)c1. The van der Waals surface area contributed by atoms with Gasteiger partial charge in [-0.2, -0.15) is 5.10 Å². The minimum atomic E-state index is -0.524. The number of fused-ring (bicyclic) bond motifs is 1. The first-order chi connectivity index (χ1) is 19.4. The third kappa shape index (κ3) is 6.26. The summed E-state index contributed by atoms with van der Waals surface area (Å²) in [6, 6.07) is 26.6. The molecule has 4 aromatic carbocycles. The van der Waals surface area contributed by atoms with Crippen LogP contribution in [-0.2, 0) is 4.79 Å². The fourth-order valence-electron chi connectivity index (χ4n) is 4.27. The maximum Gasteiger partial charge on any atom is 0.257 e. The molecule has 0 spiro atoms. The number of H-pyrrole nitrogens is 1. The Labute approximate surface area is 240 Å². The van der Waals surface area contributed by atoms with E-state index in [1.807, 2.05) is 30.3 Å². The lowest BCUT2D eigenvalue weighted by Crippen LogP contribution is -2.23. The molecule has 1 atom stereocenters. The van der Waals surface area contributed by atoms with Gasteiger partial charge in [0.25, 0.3) is 5.91 Å². The van der Waals surface area contributed by atoms with Gasteiger partial charge in [-0.1, -0.05) is 53.5 Å². The number of para-hydroxylation sites is 1. The highest BCUT2D eigenvalue weighted by Gasteiger charge is 2.22. The van der Waals surface area contributed by atoms with Crippen molar-refractivity contribution in [2.75, 3.05) is 17.2 Å². The van der Waals surface area contributed by atoms with Crippen LogP contribution < -0.4 is 21.1 Å². The van der Waals surface area contributed by atoms with Gasteiger partial charge in [0.1, 0.15) is 11.5 Å². The van der Waals surface area contributed by atoms with E-state index in [0.717, 1.165) is 0 Å². The van der Waals surface area contributed by atoms with E-state index in [1.165, 1.54) is 0 Å². The third-order valence-electron chi connectivity index (χ3n) is 6.26. The molecule has 2 amide bonds. The number of rotatable bonds is 9. The maximum absolute atomic E-state index is 13.2. The molecule has 0 aliphatic carbocycles. The number of nitrogens with two attached hydrogens (primary N) is 1. The van der Waals surface area contributed by atoms with Crippen LogP contribution in [0, 0.1) is 0 Å². The van der Waals surface area contributed by atoms with Gasteiger partial charge in [-0.15, -0.1) is 0 Å². The van der Waals surface area contributed by atoms with E-state index in [1.54, 1.807) is 60.7 Å². The molecule has 8 nitrogen and oxygen atoms in total. The first kappa shape index (κ1) is 27.2. The van der Waals surface area contributed by atoms with Crippen molar-refractivity contribution < 1.29 is 14.3 Å². The molecule has 0 fully saturated rings. The second kappa shape index (κ2) is 12.2. The monoisotopic (exact) mass is 573 g/mol. The Morgan fingerprint density at radius 2 is 1.68 bits per heavy atom. The number of hydrogen-bond acceptors (Lipinski definition) is 5. The minimum absolute atomic E-state index is 0.243. The predicted molar refractivity (Wildman–Crippen MR) is 159 cm³/mol. The molecule has 40 heavy (non-hydrogen) atoms. The lowest BCUT2D eigenvalue weighted by atomic mass is 9.94. The highest BCUT2D eigenvalue weighted by molar-refractivity contribution is 6.42. The van der Waals surface area contributed by atoms with Gasteiger partial charge in [-0.25, -0.2) is 0 Å². The number of aromatic nitrogens is 2. The highest BCUT2D eigenvalue weighted by atomic mass is 35.5. The summed E-state index contributed by atoms with van der Waals surface area (Å²) in [5.41, 5.74) is 8.14. The third-order valence-corrected chi connectivity index (χ3v) is 6.99. The summed E-state index contributed by atoms with van der Waals surface area (Å²) < 4.78 is 5.84. The molecule has 1 aromatic heterocycles. The molecule has 0 aliphatic heterocycles. The van der Waals surface area contributed by atoms with E-state index in [-0.39, 0.29) is 11.8 Å². The number of nitrogens with zero attached hydrogens (tertiary/aromatic N) is 1. The first-order valence-corrected chi connectivity index (χ1v) is 13.2. The number of amides is 2. The molecule has 0 saturated carbocycles. The van der Waals surface area contributed by atoms with Crippen molar-refractivity contribution in [2.45, 2.75) is 12.3 Å². The molecule has 1 unspecified atom stereocenters. The standard InChI is InChI=1S/C30H25Cl2N5O3/c31-25-11-9-18(16-26(25)32)23(13-14-33)30(39)34-20-10-12-27-24(17-20)28(37-36-27)35-29(38)19-5-4-8-22(15-19)40-21-6-2-1-3-7-21/h1-12,15-17,23H,13-14,33H2,(H,34,39)(H2,35,36,37,38). The summed E-state index contributed by atoms with van der Waals surface area (Å²) >= 11 is 12.2. The average Bonchev–Trinajstić information content (AvgIpc) is 3.35. The molecule has 5 aromatic rings. The molecule has 0 bridgehead atoms. The van der Waals surface area contributed by atoms with Crippen LogP contribution in [0.1, 0.15) is 28.3 Å². The molecular formula is C30H25Cl2N5O3. The topological polar surface area (TPSA) is 122 Å². The number of aromatic amines is 1. The zero-order valence-corrected chi connectivity index (χ0v) is 22.7. The number of anilines is 2. The molecule has 5 N–H and O–H groups in total. The van der Waals surface area contributed by atoms with Crippen LogP contribution in [0.3, 0.4) is 0 Å². The van der Waals surface area contributed by atoms with E-state index < -0.39 is 5.92 Å². The van der Waals surface area contributed by atoms with Crippen molar-refractivity contribution in [1.29, 1.82) is 0 Å². The smallest absolute Gasteiger partial charge is 0.257 e. The fourth-order valence-corrected chi connectivity index (χ4v) is 4.57. The molecular weight excluding hydrogens is 549 g/mol. The van der Waals surface area contributed by atoms with Crippen molar-refractivity contribution >= 4 is 57.4 Å². The normalized spacial score (nSPS) is 11.7. The highest BCUT2D eigenvalue weighted by Crippen LogP contribution is 2.30. The Morgan fingerprint density at radius 3 is 2.45 bits per heavy atom. The van der Waals surface area contributed by atoms with Crippen LogP contribution in [-0.4, -0.2) is 28.6 Å². The quantitative estimate of drug-likeness (QED) is 0.151. The van der Waals surface area contributed by atoms with Gasteiger partial charge in [-0.05, 0) is 79.2 Å². The number of nitrogens with one attached hydrogen (secondary N) is 3. The summed E-state index contributed by atoms with van der Waals surface area (Å²) in [6.45, 7) is 0.312. The van der Waals surface area contributed by atoms with E-state index in [2.05, 4.69) is 20.8 Å². The molecule has 1 heterocycles.